The molecule has 0 N–H and O–H groups in total. The summed E-state index contributed by atoms with van der Waals surface area (Å²) >= 11 is 0. The maximum absolute atomic E-state index is 13.7. The lowest BCUT2D eigenvalue weighted by Gasteiger charge is -2.04. The summed E-state index contributed by atoms with van der Waals surface area (Å²) in [5.41, 5.74) is 0.843. The average Bonchev–Trinajstić information content (AvgIpc) is 3.39. The van der Waals surface area contributed by atoms with E-state index in [2.05, 4.69) is 10.1 Å². The van der Waals surface area contributed by atoms with Gasteiger partial charge in [-0.2, -0.15) is 4.98 Å². The minimum Gasteiger partial charge on any atom is -0.497 e. The van der Waals surface area contributed by atoms with Crippen molar-refractivity contribution in [1.29, 1.82) is 0 Å². The smallest absolute Gasteiger partial charge is 0.293 e. The van der Waals surface area contributed by atoms with Crippen LogP contribution >= 0.6 is 0 Å². The SMILES string of the molecule is COc1ccc(-c2noc(-c3ccc(CS(=O)(=O)Cc4ccccc4F)o3)n2)cc1. The summed E-state index contributed by atoms with van der Waals surface area (Å²) in [7, 11) is -2.06. The first-order valence-corrected chi connectivity index (χ1v) is 10.8. The molecule has 154 valence electrons. The van der Waals surface area contributed by atoms with Gasteiger partial charge in [0.2, 0.25) is 5.82 Å². The minimum absolute atomic E-state index is 0.116. The summed E-state index contributed by atoms with van der Waals surface area (Å²) in [4.78, 5) is 4.28. The highest BCUT2D eigenvalue weighted by atomic mass is 32.2. The zero-order chi connectivity index (χ0) is 21.1. The Hall–Kier alpha value is -3.46. The van der Waals surface area contributed by atoms with Crippen molar-refractivity contribution < 1.29 is 26.5 Å². The van der Waals surface area contributed by atoms with Gasteiger partial charge >= 0.3 is 0 Å². The predicted octanol–water partition coefficient (Wildman–Crippen LogP) is 4.26. The lowest BCUT2D eigenvalue weighted by molar-refractivity contribution is 0.412. The van der Waals surface area contributed by atoms with Gasteiger partial charge in [0.15, 0.2) is 15.6 Å². The Bertz CT molecular complexity index is 1260. The van der Waals surface area contributed by atoms with Gasteiger partial charge in [0, 0.05) is 11.1 Å². The highest BCUT2D eigenvalue weighted by Gasteiger charge is 2.20. The van der Waals surface area contributed by atoms with Crippen LogP contribution < -0.4 is 4.74 Å². The van der Waals surface area contributed by atoms with Crippen molar-refractivity contribution in [3.05, 3.63) is 77.8 Å². The Morgan fingerprint density at radius 3 is 2.50 bits per heavy atom. The summed E-state index contributed by atoms with van der Waals surface area (Å²) in [5, 5.41) is 3.92. The number of aromatic nitrogens is 2. The van der Waals surface area contributed by atoms with E-state index in [0.717, 1.165) is 5.56 Å². The molecule has 0 aliphatic heterocycles. The van der Waals surface area contributed by atoms with Crippen molar-refractivity contribution in [3.8, 4) is 28.8 Å². The van der Waals surface area contributed by atoms with Gasteiger partial charge in [0.05, 0.1) is 12.9 Å². The average molecular weight is 428 g/mol. The molecule has 0 saturated heterocycles. The third kappa shape index (κ3) is 4.41. The van der Waals surface area contributed by atoms with Crippen LogP contribution in [0, 0.1) is 5.82 Å². The van der Waals surface area contributed by atoms with Gasteiger partial charge < -0.3 is 13.7 Å². The number of benzene rings is 2. The largest absolute Gasteiger partial charge is 0.497 e. The van der Waals surface area contributed by atoms with E-state index in [9.17, 15) is 12.8 Å². The highest BCUT2D eigenvalue weighted by molar-refractivity contribution is 7.89. The lowest BCUT2D eigenvalue weighted by atomic mass is 10.2. The number of hydrogen-bond acceptors (Lipinski definition) is 7. The second kappa shape index (κ2) is 8.11. The van der Waals surface area contributed by atoms with E-state index in [0.29, 0.717) is 11.6 Å². The maximum atomic E-state index is 13.7. The summed E-state index contributed by atoms with van der Waals surface area (Å²) < 4.78 is 54.5. The van der Waals surface area contributed by atoms with Crippen LogP contribution in [-0.4, -0.2) is 25.7 Å². The number of rotatable bonds is 7. The summed E-state index contributed by atoms with van der Waals surface area (Å²) in [6, 6.07) is 16.0. The van der Waals surface area contributed by atoms with Crippen LogP contribution in [0.25, 0.3) is 23.0 Å². The Morgan fingerprint density at radius 1 is 1.00 bits per heavy atom. The second-order valence-electron chi connectivity index (χ2n) is 6.54. The molecular weight excluding hydrogens is 411 g/mol. The number of nitrogens with zero attached hydrogens (tertiary/aromatic N) is 2. The molecule has 4 aromatic rings. The number of sulfone groups is 1. The highest BCUT2D eigenvalue weighted by Crippen LogP contribution is 2.26. The summed E-state index contributed by atoms with van der Waals surface area (Å²) in [6.45, 7) is 0. The zero-order valence-corrected chi connectivity index (χ0v) is 16.7. The molecule has 0 aliphatic rings. The van der Waals surface area contributed by atoms with Gasteiger partial charge in [-0.1, -0.05) is 23.4 Å². The zero-order valence-electron chi connectivity index (χ0n) is 15.9. The molecule has 0 bridgehead atoms. The Morgan fingerprint density at radius 2 is 1.77 bits per heavy atom. The normalized spacial score (nSPS) is 11.5. The van der Waals surface area contributed by atoms with E-state index in [-0.39, 0.29) is 28.7 Å². The van der Waals surface area contributed by atoms with Gasteiger partial charge in [0.1, 0.15) is 23.1 Å². The molecule has 0 aliphatic carbocycles. The molecule has 7 nitrogen and oxygen atoms in total. The Balaban J connectivity index is 1.49. The van der Waals surface area contributed by atoms with Crippen molar-refractivity contribution >= 4 is 9.84 Å². The molecule has 9 heteroatoms. The number of ether oxygens (including phenoxy) is 1. The molecule has 0 fully saturated rings. The lowest BCUT2D eigenvalue weighted by Crippen LogP contribution is -2.08. The molecule has 2 heterocycles. The molecule has 0 saturated carbocycles. The first kappa shape index (κ1) is 19.8. The quantitative estimate of drug-likeness (QED) is 0.434. The van der Waals surface area contributed by atoms with E-state index in [1.165, 1.54) is 24.3 Å². The van der Waals surface area contributed by atoms with E-state index in [1.54, 1.807) is 43.5 Å². The van der Waals surface area contributed by atoms with E-state index in [4.69, 9.17) is 13.7 Å². The maximum Gasteiger partial charge on any atom is 0.293 e. The van der Waals surface area contributed by atoms with Crippen molar-refractivity contribution in [2.24, 2.45) is 0 Å². The van der Waals surface area contributed by atoms with Crippen LogP contribution in [0.5, 0.6) is 5.75 Å². The molecule has 0 spiro atoms. The van der Waals surface area contributed by atoms with Crippen LogP contribution in [0.15, 0.2) is 69.6 Å². The molecule has 2 aromatic carbocycles. The summed E-state index contributed by atoms with van der Waals surface area (Å²) in [5.74, 6) is 0.284. The van der Waals surface area contributed by atoms with E-state index in [1.807, 2.05) is 0 Å². The molecule has 0 radical (unpaired) electrons. The van der Waals surface area contributed by atoms with Crippen LogP contribution in [0.4, 0.5) is 4.39 Å². The van der Waals surface area contributed by atoms with Gasteiger partial charge in [0.25, 0.3) is 5.89 Å². The molecule has 0 unspecified atom stereocenters. The molecule has 0 atom stereocenters. The Kier molecular flexibility index (Phi) is 5.37. The molecule has 4 rings (SSSR count). The van der Waals surface area contributed by atoms with Crippen molar-refractivity contribution in [1.82, 2.24) is 10.1 Å². The predicted molar refractivity (Wildman–Crippen MR) is 107 cm³/mol. The second-order valence-corrected chi connectivity index (χ2v) is 8.61. The van der Waals surface area contributed by atoms with Crippen LogP contribution in [0.3, 0.4) is 0 Å². The topological polar surface area (TPSA) is 95.4 Å². The fraction of sp³-hybridized carbons (Fsp3) is 0.143. The first-order valence-electron chi connectivity index (χ1n) is 8.94. The fourth-order valence-corrected chi connectivity index (χ4v) is 4.27. The monoisotopic (exact) mass is 428 g/mol. The minimum atomic E-state index is -3.64. The number of methoxy groups -OCH3 is 1. The van der Waals surface area contributed by atoms with Crippen molar-refractivity contribution in [3.63, 3.8) is 0 Å². The molecule has 2 aromatic heterocycles. The van der Waals surface area contributed by atoms with Crippen molar-refractivity contribution in [2.45, 2.75) is 11.5 Å². The summed E-state index contributed by atoms with van der Waals surface area (Å²) in [6.07, 6.45) is 0. The third-order valence-electron chi connectivity index (χ3n) is 4.34. The number of halogens is 1. The standard InChI is InChI=1S/C21H17FN2O5S/c1-27-16-8-6-14(7-9-16)20-23-21(29-24-20)19-11-10-17(28-19)13-30(25,26)12-15-4-2-3-5-18(15)22/h2-11H,12-13H2,1H3. The van der Waals surface area contributed by atoms with Crippen molar-refractivity contribution in [2.75, 3.05) is 7.11 Å². The van der Waals surface area contributed by atoms with Crippen LogP contribution in [-0.2, 0) is 21.3 Å². The van der Waals surface area contributed by atoms with E-state index < -0.39 is 21.4 Å². The van der Waals surface area contributed by atoms with Crippen LogP contribution in [0.1, 0.15) is 11.3 Å². The number of furan rings is 1. The molecular formula is C21H17FN2O5S. The first-order chi connectivity index (χ1) is 14.4. The van der Waals surface area contributed by atoms with Gasteiger partial charge in [-0.15, -0.1) is 0 Å². The van der Waals surface area contributed by atoms with Gasteiger partial charge in [-0.05, 0) is 42.5 Å². The fourth-order valence-electron chi connectivity index (χ4n) is 2.87. The van der Waals surface area contributed by atoms with Crippen LogP contribution in [0.2, 0.25) is 0 Å². The third-order valence-corrected chi connectivity index (χ3v) is 5.82. The Labute approximate surface area is 172 Å². The van der Waals surface area contributed by atoms with Gasteiger partial charge in [-0.25, -0.2) is 12.8 Å². The molecule has 0 amide bonds. The van der Waals surface area contributed by atoms with Gasteiger partial charge in [-0.3, -0.25) is 0 Å². The molecule has 30 heavy (non-hydrogen) atoms. The van der Waals surface area contributed by atoms with E-state index >= 15 is 0 Å². The number of hydrogen-bond donors (Lipinski definition) is 0.